The summed E-state index contributed by atoms with van der Waals surface area (Å²) in [6.45, 7) is 3.54. The Morgan fingerprint density at radius 3 is 2.79 bits per heavy atom. The normalized spacial score (nSPS) is 27.4. The van der Waals surface area contributed by atoms with Gasteiger partial charge in [-0.25, -0.2) is 0 Å². The molecule has 130 valence electrons. The standard InChI is InChI=1S/C18H24ClN3O2/c1-12-11-13(7-9-20-12)17(23)21(2)16-8-10-22(18(16)24)15-6-4-3-5-14(15)19/h3-6,12-13,16,20H,7-11H2,1-2H3/t12-,13-,16?/m0/s1. The van der Waals surface area contributed by atoms with Gasteiger partial charge < -0.3 is 15.1 Å². The Balaban J connectivity index is 1.70. The van der Waals surface area contributed by atoms with E-state index in [4.69, 9.17) is 11.6 Å². The van der Waals surface area contributed by atoms with Gasteiger partial charge in [0.1, 0.15) is 6.04 Å². The number of anilines is 1. The third-order valence-electron chi connectivity index (χ3n) is 5.11. The zero-order valence-corrected chi connectivity index (χ0v) is 14.9. The van der Waals surface area contributed by atoms with Crippen LogP contribution in [0.3, 0.4) is 0 Å². The molecule has 0 bridgehead atoms. The van der Waals surface area contributed by atoms with E-state index >= 15 is 0 Å². The highest BCUT2D eigenvalue weighted by Gasteiger charge is 2.39. The summed E-state index contributed by atoms with van der Waals surface area (Å²) in [7, 11) is 1.76. The molecule has 0 spiro atoms. The molecular formula is C18H24ClN3O2. The predicted molar refractivity (Wildman–Crippen MR) is 95.2 cm³/mol. The van der Waals surface area contributed by atoms with E-state index in [9.17, 15) is 9.59 Å². The van der Waals surface area contributed by atoms with Crippen molar-refractivity contribution in [1.82, 2.24) is 10.2 Å². The number of para-hydroxylation sites is 1. The zero-order chi connectivity index (χ0) is 17.3. The second-order valence-electron chi connectivity index (χ2n) is 6.77. The van der Waals surface area contributed by atoms with Crippen molar-refractivity contribution in [1.29, 1.82) is 0 Å². The van der Waals surface area contributed by atoms with Crippen molar-refractivity contribution in [2.45, 2.75) is 38.3 Å². The van der Waals surface area contributed by atoms with Crippen LogP contribution in [0.4, 0.5) is 5.69 Å². The Morgan fingerprint density at radius 1 is 1.33 bits per heavy atom. The summed E-state index contributed by atoms with van der Waals surface area (Å²) in [4.78, 5) is 29.0. The SMILES string of the molecule is C[C@H]1C[C@@H](C(=O)N(C)C2CCN(c3ccccc3Cl)C2=O)CCN1. The lowest BCUT2D eigenvalue weighted by atomic mass is 9.91. The molecule has 3 rings (SSSR count). The number of nitrogens with zero attached hydrogens (tertiary/aromatic N) is 2. The van der Waals surface area contributed by atoms with Gasteiger partial charge in [0, 0.05) is 25.6 Å². The van der Waals surface area contributed by atoms with Crippen molar-refractivity contribution in [2.24, 2.45) is 5.92 Å². The molecular weight excluding hydrogens is 326 g/mol. The van der Waals surface area contributed by atoms with Crippen LogP contribution < -0.4 is 10.2 Å². The van der Waals surface area contributed by atoms with Crippen LogP contribution in [0.5, 0.6) is 0 Å². The maximum Gasteiger partial charge on any atom is 0.249 e. The molecule has 3 atom stereocenters. The van der Waals surface area contributed by atoms with Gasteiger partial charge in [0.2, 0.25) is 11.8 Å². The van der Waals surface area contributed by atoms with Crippen molar-refractivity contribution in [2.75, 3.05) is 25.0 Å². The molecule has 1 unspecified atom stereocenters. The Kier molecular flexibility index (Phi) is 5.11. The Hall–Kier alpha value is -1.59. The molecule has 24 heavy (non-hydrogen) atoms. The number of piperidine rings is 1. The highest BCUT2D eigenvalue weighted by atomic mass is 35.5. The molecule has 0 aromatic heterocycles. The summed E-state index contributed by atoms with van der Waals surface area (Å²) < 4.78 is 0. The summed E-state index contributed by atoms with van der Waals surface area (Å²) in [5.74, 6) is 0.0528. The Labute approximate surface area is 147 Å². The fourth-order valence-electron chi connectivity index (χ4n) is 3.73. The van der Waals surface area contributed by atoms with Crippen LogP contribution in [0.2, 0.25) is 5.02 Å². The molecule has 0 saturated carbocycles. The lowest BCUT2D eigenvalue weighted by Gasteiger charge is -2.32. The van der Waals surface area contributed by atoms with Gasteiger partial charge in [-0.2, -0.15) is 0 Å². The van der Waals surface area contributed by atoms with Gasteiger partial charge >= 0.3 is 0 Å². The number of halogens is 1. The number of nitrogens with one attached hydrogen (secondary N) is 1. The Morgan fingerprint density at radius 2 is 2.08 bits per heavy atom. The summed E-state index contributed by atoms with van der Waals surface area (Å²) in [5, 5.41) is 3.92. The summed E-state index contributed by atoms with van der Waals surface area (Å²) in [6, 6.07) is 7.30. The molecule has 2 heterocycles. The third-order valence-corrected chi connectivity index (χ3v) is 5.43. The lowest BCUT2D eigenvalue weighted by molar-refractivity contribution is -0.141. The molecule has 2 aliphatic rings. The summed E-state index contributed by atoms with van der Waals surface area (Å²) >= 11 is 6.22. The third kappa shape index (κ3) is 3.28. The first-order valence-electron chi connectivity index (χ1n) is 8.55. The predicted octanol–water partition coefficient (Wildman–Crippen LogP) is 2.29. The van der Waals surface area contributed by atoms with Crippen LogP contribution in [0.25, 0.3) is 0 Å². The van der Waals surface area contributed by atoms with Crippen molar-refractivity contribution >= 4 is 29.1 Å². The topological polar surface area (TPSA) is 52.7 Å². The average molecular weight is 350 g/mol. The lowest BCUT2D eigenvalue weighted by Crippen LogP contribution is -2.48. The van der Waals surface area contributed by atoms with Crippen molar-refractivity contribution in [3.8, 4) is 0 Å². The highest BCUT2D eigenvalue weighted by molar-refractivity contribution is 6.34. The van der Waals surface area contributed by atoms with Crippen LogP contribution in [0.15, 0.2) is 24.3 Å². The van der Waals surface area contributed by atoms with Crippen LogP contribution >= 0.6 is 11.6 Å². The minimum absolute atomic E-state index is 0.00779. The van der Waals surface area contributed by atoms with E-state index < -0.39 is 0 Å². The second-order valence-corrected chi connectivity index (χ2v) is 7.18. The summed E-state index contributed by atoms with van der Waals surface area (Å²) in [6.07, 6.45) is 2.31. The van der Waals surface area contributed by atoms with E-state index in [-0.39, 0.29) is 23.8 Å². The monoisotopic (exact) mass is 349 g/mol. The molecule has 1 aromatic rings. The first-order valence-corrected chi connectivity index (χ1v) is 8.92. The van der Waals surface area contributed by atoms with E-state index in [1.807, 2.05) is 18.2 Å². The maximum absolute atomic E-state index is 12.8. The number of carbonyl (C=O) groups is 2. The van der Waals surface area contributed by atoms with Gasteiger partial charge in [-0.1, -0.05) is 23.7 Å². The number of likely N-dealkylation sites (N-methyl/N-ethyl adjacent to an activating group) is 1. The van der Waals surface area contributed by atoms with E-state index in [2.05, 4.69) is 12.2 Å². The van der Waals surface area contributed by atoms with Crippen LogP contribution in [0, 0.1) is 5.92 Å². The zero-order valence-electron chi connectivity index (χ0n) is 14.2. The molecule has 0 aliphatic carbocycles. The molecule has 1 N–H and O–H groups in total. The first-order chi connectivity index (χ1) is 11.5. The average Bonchev–Trinajstić information content (AvgIpc) is 2.95. The number of hydrogen-bond acceptors (Lipinski definition) is 3. The summed E-state index contributed by atoms with van der Waals surface area (Å²) in [5.41, 5.74) is 0.725. The fraction of sp³-hybridized carbons (Fsp3) is 0.556. The molecule has 0 radical (unpaired) electrons. The van der Waals surface area contributed by atoms with Gasteiger partial charge in [-0.15, -0.1) is 0 Å². The minimum atomic E-state index is -0.390. The largest absolute Gasteiger partial charge is 0.333 e. The molecule has 2 fully saturated rings. The van der Waals surface area contributed by atoms with Gasteiger partial charge in [0.25, 0.3) is 0 Å². The molecule has 2 aliphatic heterocycles. The van der Waals surface area contributed by atoms with E-state index in [1.54, 1.807) is 22.9 Å². The van der Waals surface area contributed by atoms with Crippen molar-refractivity contribution in [3.63, 3.8) is 0 Å². The van der Waals surface area contributed by atoms with Gasteiger partial charge in [-0.3, -0.25) is 9.59 Å². The van der Waals surface area contributed by atoms with Crippen molar-refractivity contribution in [3.05, 3.63) is 29.3 Å². The number of rotatable bonds is 3. The van der Waals surface area contributed by atoms with Gasteiger partial charge in [0.05, 0.1) is 10.7 Å². The van der Waals surface area contributed by atoms with Gasteiger partial charge in [-0.05, 0) is 44.9 Å². The van der Waals surface area contributed by atoms with Crippen molar-refractivity contribution < 1.29 is 9.59 Å². The molecule has 1 aromatic carbocycles. The number of benzene rings is 1. The van der Waals surface area contributed by atoms with E-state index in [0.29, 0.717) is 24.0 Å². The molecule has 2 saturated heterocycles. The number of amides is 2. The maximum atomic E-state index is 12.8. The molecule has 6 heteroatoms. The van der Waals surface area contributed by atoms with Crippen LogP contribution in [-0.4, -0.2) is 48.9 Å². The highest BCUT2D eigenvalue weighted by Crippen LogP contribution is 2.31. The van der Waals surface area contributed by atoms with Gasteiger partial charge in [0.15, 0.2) is 0 Å². The number of carbonyl (C=O) groups excluding carboxylic acids is 2. The molecule has 5 nitrogen and oxygen atoms in total. The Bertz CT molecular complexity index is 636. The fourth-order valence-corrected chi connectivity index (χ4v) is 3.97. The smallest absolute Gasteiger partial charge is 0.249 e. The van der Waals surface area contributed by atoms with E-state index in [1.165, 1.54) is 0 Å². The number of hydrogen-bond donors (Lipinski definition) is 1. The second kappa shape index (κ2) is 7.11. The first kappa shape index (κ1) is 17.2. The quantitative estimate of drug-likeness (QED) is 0.911. The van der Waals surface area contributed by atoms with Crippen LogP contribution in [0.1, 0.15) is 26.2 Å². The van der Waals surface area contributed by atoms with Crippen LogP contribution in [-0.2, 0) is 9.59 Å². The minimum Gasteiger partial charge on any atom is -0.333 e. The molecule has 2 amide bonds. The van der Waals surface area contributed by atoms with E-state index in [0.717, 1.165) is 25.1 Å².